The molecule has 3 aromatic heterocycles. The second-order valence-corrected chi connectivity index (χ2v) is 9.49. The van der Waals surface area contributed by atoms with Gasteiger partial charge in [-0.1, -0.05) is 30.3 Å². The summed E-state index contributed by atoms with van der Waals surface area (Å²) in [5.41, 5.74) is 2.16. The Morgan fingerprint density at radius 3 is 2.60 bits per heavy atom. The molecular weight excluding hydrogens is 466 g/mol. The number of fused-ring (bicyclic) bond motifs is 1. The first-order valence-electron chi connectivity index (χ1n) is 10.7. The lowest BCUT2D eigenvalue weighted by Crippen LogP contribution is -2.12. The highest BCUT2D eigenvalue weighted by atomic mass is 32.2. The maximum Gasteiger partial charge on any atom is 0.269 e. The van der Waals surface area contributed by atoms with Crippen LogP contribution < -0.4 is 10.1 Å². The monoisotopic (exact) mass is 487 g/mol. The van der Waals surface area contributed by atoms with E-state index in [0.717, 1.165) is 5.56 Å². The number of pyridine rings is 1. The maximum absolute atomic E-state index is 13.4. The molecule has 35 heavy (non-hydrogen) atoms. The SMILES string of the molecule is COc1cc(-c2cn(S(=O)(=O)c3ccccc3)c3ncccc23)nc(NCc2cccc(O)c2)n1. The largest absolute Gasteiger partial charge is 0.508 e. The van der Waals surface area contributed by atoms with Gasteiger partial charge < -0.3 is 15.2 Å². The van der Waals surface area contributed by atoms with Gasteiger partial charge in [0.1, 0.15) is 5.75 Å². The molecule has 10 heteroatoms. The summed E-state index contributed by atoms with van der Waals surface area (Å²) < 4.78 is 33.3. The van der Waals surface area contributed by atoms with E-state index in [1.54, 1.807) is 72.9 Å². The summed E-state index contributed by atoms with van der Waals surface area (Å²) in [5.74, 6) is 0.763. The summed E-state index contributed by atoms with van der Waals surface area (Å²) in [6, 6.07) is 20.2. The number of nitrogens with zero attached hydrogens (tertiary/aromatic N) is 4. The normalized spacial score (nSPS) is 11.5. The summed E-state index contributed by atoms with van der Waals surface area (Å²) >= 11 is 0. The van der Waals surface area contributed by atoms with E-state index in [2.05, 4.69) is 20.3 Å². The fourth-order valence-corrected chi connectivity index (χ4v) is 5.06. The Kier molecular flexibility index (Phi) is 5.79. The average molecular weight is 488 g/mol. The van der Waals surface area contributed by atoms with Gasteiger partial charge in [-0.05, 0) is 42.0 Å². The topological polar surface area (TPSA) is 119 Å². The van der Waals surface area contributed by atoms with Gasteiger partial charge in [-0.15, -0.1) is 0 Å². The minimum atomic E-state index is -3.89. The van der Waals surface area contributed by atoms with Crippen molar-refractivity contribution in [2.75, 3.05) is 12.4 Å². The Morgan fingerprint density at radius 2 is 1.83 bits per heavy atom. The standard InChI is InChI=1S/C25H21N5O4S/c1-34-23-14-22(28-25(29-23)27-15-17-7-5-8-18(31)13-17)21-16-30(24-20(21)11-6-12-26-24)35(32,33)19-9-3-2-4-10-19/h2-14,16,31H,15H2,1H3,(H,27,28,29). The minimum absolute atomic E-state index is 0.155. The number of ether oxygens (including phenoxy) is 1. The Morgan fingerprint density at radius 1 is 1.00 bits per heavy atom. The number of hydrogen-bond donors (Lipinski definition) is 2. The lowest BCUT2D eigenvalue weighted by molar-refractivity contribution is 0.398. The summed E-state index contributed by atoms with van der Waals surface area (Å²) in [6.45, 7) is 0.368. The van der Waals surface area contributed by atoms with Crippen molar-refractivity contribution < 1.29 is 18.3 Å². The maximum atomic E-state index is 13.4. The molecule has 0 atom stereocenters. The molecule has 0 saturated carbocycles. The number of aromatic hydroxyl groups is 1. The van der Waals surface area contributed by atoms with Gasteiger partial charge >= 0.3 is 0 Å². The molecule has 0 aliphatic rings. The van der Waals surface area contributed by atoms with Gasteiger partial charge in [-0.3, -0.25) is 0 Å². The van der Waals surface area contributed by atoms with E-state index in [1.807, 2.05) is 6.07 Å². The zero-order valence-corrected chi connectivity index (χ0v) is 19.5. The van der Waals surface area contributed by atoms with Gasteiger partial charge in [-0.25, -0.2) is 22.4 Å². The Hall–Kier alpha value is -4.44. The van der Waals surface area contributed by atoms with E-state index in [-0.39, 0.29) is 10.6 Å². The van der Waals surface area contributed by atoms with E-state index in [4.69, 9.17) is 4.74 Å². The van der Waals surface area contributed by atoms with E-state index in [1.165, 1.54) is 17.3 Å². The second-order valence-electron chi connectivity index (χ2n) is 7.67. The number of phenols is 1. The molecular formula is C25H21N5O4S. The zero-order valence-electron chi connectivity index (χ0n) is 18.7. The van der Waals surface area contributed by atoms with Gasteiger partial charge in [0, 0.05) is 36.0 Å². The third-order valence-electron chi connectivity index (χ3n) is 5.38. The Balaban J connectivity index is 1.59. The van der Waals surface area contributed by atoms with Crippen LogP contribution in [0.5, 0.6) is 11.6 Å². The minimum Gasteiger partial charge on any atom is -0.508 e. The summed E-state index contributed by atoms with van der Waals surface area (Å²) in [5, 5.41) is 13.4. The van der Waals surface area contributed by atoms with Crippen molar-refractivity contribution in [3.8, 4) is 22.9 Å². The molecule has 5 rings (SSSR count). The first-order chi connectivity index (χ1) is 17.0. The number of phenolic OH excluding ortho intramolecular Hbond substituents is 1. The molecule has 2 N–H and O–H groups in total. The second kappa shape index (κ2) is 9.07. The molecule has 0 bridgehead atoms. The number of benzene rings is 2. The molecule has 176 valence electrons. The molecule has 0 radical (unpaired) electrons. The highest BCUT2D eigenvalue weighted by molar-refractivity contribution is 7.90. The Labute approximate surface area is 201 Å². The smallest absolute Gasteiger partial charge is 0.269 e. The van der Waals surface area contributed by atoms with Crippen LogP contribution in [0.4, 0.5) is 5.95 Å². The van der Waals surface area contributed by atoms with Crippen molar-refractivity contribution >= 4 is 27.0 Å². The van der Waals surface area contributed by atoms with E-state index in [0.29, 0.717) is 40.7 Å². The predicted molar refractivity (Wildman–Crippen MR) is 132 cm³/mol. The van der Waals surface area contributed by atoms with Crippen LogP contribution in [0.1, 0.15) is 5.56 Å². The number of methoxy groups -OCH3 is 1. The van der Waals surface area contributed by atoms with Crippen LogP contribution in [0.2, 0.25) is 0 Å². The van der Waals surface area contributed by atoms with Crippen molar-refractivity contribution in [3.63, 3.8) is 0 Å². The molecule has 0 fully saturated rings. The van der Waals surface area contributed by atoms with Crippen molar-refractivity contribution in [2.24, 2.45) is 0 Å². The molecule has 3 heterocycles. The van der Waals surface area contributed by atoms with Crippen molar-refractivity contribution in [3.05, 3.63) is 90.8 Å². The van der Waals surface area contributed by atoms with Crippen LogP contribution in [0.15, 0.2) is 90.1 Å². The van der Waals surface area contributed by atoms with Crippen LogP contribution in [0, 0.1) is 0 Å². The highest BCUT2D eigenvalue weighted by Crippen LogP contribution is 2.32. The van der Waals surface area contributed by atoms with Crippen LogP contribution in [-0.4, -0.2) is 39.6 Å². The molecule has 0 aliphatic carbocycles. The molecule has 0 amide bonds. The highest BCUT2D eigenvalue weighted by Gasteiger charge is 2.23. The van der Waals surface area contributed by atoms with Gasteiger partial charge in [0.2, 0.25) is 11.8 Å². The van der Waals surface area contributed by atoms with Gasteiger partial charge in [0.15, 0.2) is 5.65 Å². The van der Waals surface area contributed by atoms with E-state index in [9.17, 15) is 13.5 Å². The van der Waals surface area contributed by atoms with Crippen LogP contribution in [0.3, 0.4) is 0 Å². The van der Waals surface area contributed by atoms with E-state index >= 15 is 0 Å². The third kappa shape index (κ3) is 4.38. The fourth-order valence-electron chi connectivity index (χ4n) is 3.72. The third-order valence-corrected chi connectivity index (χ3v) is 7.05. The fraction of sp³-hybridized carbons (Fsp3) is 0.0800. The summed E-state index contributed by atoms with van der Waals surface area (Å²) in [6.07, 6.45) is 3.06. The van der Waals surface area contributed by atoms with Crippen molar-refractivity contribution in [1.29, 1.82) is 0 Å². The van der Waals surface area contributed by atoms with Crippen LogP contribution >= 0.6 is 0 Å². The lowest BCUT2D eigenvalue weighted by Gasteiger charge is -2.09. The number of anilines is 1. The first-order valence-corrected chi connectivity index (χ1v) is 12.1. The number of hydrogen-bond acceptors (Lipinski definition) is 8. The van der Waals surface area contributed by atoms with Crippen LogP contribution in [0.25, 0.3) is 22.3 Å². The predicted octanol–water partition coefficient (Wildman–Crippen LogP) is 4.06. The number of aromatic nitrogens is 4. The molecule has 0 aliphatic heterocycles. The molecule has 2 aromatic carbocycles. The molecule has 0 saturated heterocycles. The number of nitrogens with one attached hydrogen (secondary N) is 1. The number of rotatable bonds is 7. The zero-order chi connectivity index (χ0) is 24.4. The molecule has 0 unspecified atom stereocenters. The van der Waals surface area contributed by atoms with E-state index < -0.39 is 10.0 Å². The van der Waals surface area contributed by atoms with Crippen molar-refractivity contribution in [1.82, 2.24) is 18.9 Å². The van der Waals surface area contributed by atoms with Crippen LogP contribution in [-0.2, 0) is 16.6 Å². The Bertz CT molecular complexity index is 1620. The van der Waals surface area contributed by atoms with Gasteiger partial charge in [-0.2, -0.15) is 4.98 Å². The first kappa shape index (κ1) is 22.4. The quantitative estimate of drug-likeness (QED) is 0.353. The van der Waals surface area contributed by atoms with Gasteiger partial charge in [0.25, 0.3) is 10.0 Å². The average Bonchev–Trinajstić information content (AvgIpc) is 3.28. The van der Waals surface area contributed by atoms with Gasteiger partial charge in [0.05, 0.1) is 17.7 Å². The molecule has 0 spiro atoms. The lowest BCUT2D eigenvalue weighted by atomic mass is 10.1. The molecule has 5 aromatic rings. The van der Waals surface area contributed by atoms with Crippen molar-refractivity contribution in [2.45, 2.75) is 11.4 Å². The molecule has 9 nitrogen and oxygen atoms in total. The summed E-state index contributed by atoms with van der Waals surface area (Å²) in [7, 11) is -2.39. The summed E-state index contributed by atoms with van der Waals surface area (Å²) in [4.78, 5) is 13.5.